The number of carbonyl (C=O) groups excluding carboxylic acids is 1. The monoisotopic (exact) mass is 412 g/mol. The fourth-order valence-electron chi connectivity index (χ4n) is 3.72. The van der Waals surface area contributed by atoms with Gasteiger partial charge in [-0.25, -0.2) is 13.2 Å². The first-order chi connectivity index (χ1) is 13.4. The molecule has 0 unspecified atom stereocenters. The Balaban J connectivity index is 1.38. The molecule has 2 atom stereocenters. The fraction of sp³-hybridized carbons (Fsp3) is 0.632. The van der Waals surface area contributed by atoms with Crippen molar-refractivity contribution in [3.05, 3.63) is 29.8 Å². The number of methoxy groups -OCH3 is 1. The molecular weight excluding hydrogens is 384 g/mol. The Morgan fingerprint density at radius 3 is 2.46 bits per heavy atom. The van der Waals surface area contributed by atoms with Gasteiger partial charge in [0.1, 0.15) is 18.5 Å². The Labute approximate surface area is 165 Å². The van der Waals surface area contributed by atoms with Gasteiger partial charge in [-0.15, -0.1) is 0 Å². The first-order valence-electron chi connectivity index (χ1n) is 9.52. The zero-order chi connectivity index (χ0) is 20.1. The Hall–Kier alpha value is -1.68. The molecular formula is C19H28N2O6S. The van der Waals surface area contributed by atoms with E-state index in [9.17, 15) is 18.3 Å². The summed E-state index contributed by atoms with van der Waals surface area (Å²) in [4.78, 5) is 15.8. The van der Waals surface area contributed by atoms with E-state index < -0.39 is 21.9 Å². The molecule has 0 aromatic heterocycles. The Morgan fingerprint density at radius 1 is 1.21 bits per heavy atom. The number of hydrogen-bond donors (Lipinski definition) is 1. The van der Waals surface area contributed by atoms with Crippen molar-refractivity contribution in [3.63, 3.8) is 0 Å². The number of carbonyl (C=O) groups is 1. The van der Waals surface area contributed by atoms with Gasteiger partial charge in [0.25, 0.3) is 0 Å². The minimum absolute atomic E-state index is 0.147. The van der Waals surface area contributed by atoms with Gasteiger partial charge in [-0.3, -0.25) is 9.80 Å². The van der Waals surface area contributed by atoms with Crippen molar-refractivity contribution in [2.75, 3.05) is 57.9 Å². The van der Waals surface area contributed by atoms with Crippen molar-refractivity contribution in [2.45, 2.75) is 18.6 Å². The van der Waals surface area contributed by atoms with Crippen LogP contribution in [0.4, 0.5) is 0 Å². The number of aliphatic hydroxyl groups is 1. The lowest BCUT2D eigenvalue weighted by Crippen LogP contribution is -2.52. The Bertz CT molecular complexity index is 759. The molecule has 0 bridgehead atoms. The number of esters is 1. The lowest BCUT2D eigenvalue weighted by Gasteiger charge is -2.38. The van der Waals surface area contributed by atoms with Crippen molar-refractivity contribution < 1.29 is 27.8 Å². The molecule has 0 saturated carbocycles. The summed E-state index contributed by atoms with van der Waals surface area (Å²) in [6.45, 7) is 3.93. The van der Waals surface area contributed by atoms with Crippen LogP contribution >= 0.6 is 0 Å². The maximum absolute atomic E-state index is 11.6. The van der Waals surface area contributed by atoms with Gasteiger partial charge in [-0.2, -0.15) is 0 Å². The number of β-amino-alcohol motifs (C(OH)–C–C–N with tert-alkyl or cyclic N) is 1. The molecule has 9 heteroatoms. The van der Waals surface area contributed by atoms with Crippen LogP contribution in [0.2, 0.25) is 0 Å². The van der Waals surface area contributed by atoms with E-state index in [0.717, 1.165) is 32.6 Å². The maximum Gasteiger partial charge on any atom is 0.337 e. The third-order valence-corrected chi connectivity index (χ3v) is 7.07. The average molecular weight is 413 g/mol. The van der Waals surface area contributed by atoms with Gasteiger partial charge in [0.15, 0.2) is 9.84 Å². The van der Waals surface area contributed by atoms with Crippen molar-refractivity contribution >= 4 is 15.8 Å². The van der Waals surface area contributed by atoms with E-state index in [-0.39, 0.29) is 18.4 Å². The molecule has 156 valence electrons. The zero-order valence-corrected chi connectivity index (χ0v) is 16.9. The van der Waals surface area contributed by atoms with E-state index in [1.54, 1.807) is 24.3 Å². The molecule has 2 aliphatic rings. The summed E-state index contributed by atoms with van der Waals surface area (Å²) in [6, 6.07) is 6.74. The summed E-state index contributed by atoms with van der Waals surface area (Å²) >= 11 is 0. The molecule has 8 nitrogen and oxygen atoms in total. The number of benzene rings is 1. The highest BCUT2D eigenvalue weighted by Gasteiger charge is 2.33. The SMILES string of the molecule is COC(=O)c1ccc(OC[C@H](O)CN2CCN([C@H]3CCS(=O)(=O)C3)CC2)cc1. The fourth-order valence-corrected chi connectivity index (χ4v) is 5.48. The molecule has 2 fully saturated rings. The zero-order valence-electron chi connectivity index (χ0n) is 16.1. The van der Waals surface area contributed by atoms with Crippen LogP contribution in [0.3, 0.4) is 0 Å². The summed E-state index contributed by atoms with van der Waals surface area (Å²) in [5.74, 6) is 0.757. The predicted molar refractivity (Wildman–Crippen MR) is 104 cm³/mol. The van der Waals surface area contributed by atoms with Crippen molar-refractivity contribution in [1.82, 2.24) is 9.80 Å². The lowest BCUT2D eigenvalue weighted by atomic mass is 10.2. The number of sulfone groups is 1. The molecule has 2 heterocycles. The van der Waals surface area contributed by atoms with Gasteiger partial charge < -0.3 is 14.6 Å². The third-order valence-electron chi connectivity index (χ3n) is 5.32. The van der Waals surface area contributed by atoms with Gasteiger partial charge in [0.2, 0.25) is 0 Å². The normalized spacial score (nSPS) is 24.0. The van der Waals surface area contributed by atoms with Gasteiger partial charge in [0.05, 0.1) is 24.2 Å². The standard InChI is InChI=1S/C19H28N2O6S/c1-26-19(23)15-2-4-18(5-3-15)27-13-17(22)12-20-7-9-21(10-8-20)16-6-11-28(24,25)14-16/h2-5,16-17,22H,6-14H2,1H3/t16-,17+/m0/s1. The molecule has 28 heavy (non-hydrogen) atoms. The van der Waals surface area contributed by atoms with E-state index in [2.05, 4.69) is 14.5 Å². The molecule has 1 N–H and O–H groups in total. The van der Waals surface area contributed by atoms with Crippen LogP contribution < -0.4 is 4.74 Å². The minimum atomic E-state index is -2.86. The maximum atomic E-state index is 11.6. The predicted octanol–water partition coefficient (Wildman–Crippen LogP) is 0.0176. The quantitative estimate of drug-likeness (QED) is 0.626. The Morgan fingerprint density at radius 2 is 1.89 bits per heavy atom. The molecule has 0 radical (unpaired) electrons. The number of nitrogens with zero attached hydrogens (tertiary/aromatic N) is 2. The third kappa shape index (κ3) is 5.66. The number of aliphatic hydroxyl groups excluding tert-OH is 1. The van der Waals surface area contributed by atoms with Gasteiger partial charge in [0, 0.05) is 38.8 Å². The second-order valence-electron chi connectivity index (χ2n) is 7.37. The highest BCUT2D eigenvalue weighted by atomic mass is 32.2. The van der Waals surface area contributed by atoms with Crippen LogP contribution in [0.1, 0.15) is 16.8 Å². The van der Waals surface area contributed by atoms with E-state index in [1.165, 1.54) is 7.11 Å². The lowest BCUT2D eigenvalue weighted by molar-refractivity contribution is 0.0389. The second kappa shape index (κ2) is 9.21. The highest BCUT2D eigenvalue weighted by molar-refractivity contribution is 7.91. The van der Waals surface area contributed by atoms with E-state index in [4.69, 9.17) is 4.74 Å². The van der Waals surface area contributed by atoms with Gasteiger partial charge >= 0.3 is 5.97 Å². The number of hydrogen-bond acceptors (Lipinski definition) is 8. The first-order valence-corrected chi connectivity index (χ1v) is 11.3. The van der Waals surface area contributed by atoms with Gasteiger partial charge in [-0.05, 0) is 30.7 Å². The van der Waals surface area contributed by atoms with E-state index in [1.807, 2.05) is 0 Å². The summed E-state index contributed by atoms with van der Waals surface area (Å²) in [5.41, 5.74) is 0.448. The molecule has 1 aromatic rings. The summed E-state index contributed by atoms with van der Waals surface area (Å²) in [6.07, 6.45) is 0.104. The molecule has 0 aliphatic carbocycles. The van der Waals surface area contributed by atoms with Crippen LogP contribution in [0.5, 0.6) is 5.75 Å². The highest BCUT2D eigenvalue weighted by Crippen LogP contribution is 2.19. The van der Waals surface area contributed by atoms with E-state index in [0.29, 0.717) is 23.6 Å². The summed E-state index contributed by atoms with van der Waals surface area (Å²) in [5, 5.41) is 10.3. The topological polar surface area (TPSA) is 96.4 Å². The molecule has 0 spiro atoms. The van der Waals surface area contributed by atoms with Crippen LogP contribution in [-0.4, -0.2) is 99.4 Å². The molecule has 2 saturated heterocycles. The summed E-state index contributed by atoms with van der Waals surface area (Å²) in [7, 11) is -1.53. The first kappa shape index (κ1) is 21.0. The molecule has 0 amide bonds. The Kier molecular flexibility index (Phi) is 6.92. The smallest absolute Gasteiger partial charge is 0.337 e. The van der Waals surface area contributed by atoms with Crippen molar-refractivity contribution in [1.29, 1.82) is 0 Å². The number of ether oxygens (including phenoxy) is 2. The second-order valence-corrected chi connectivity index (χ2v) is 9.60. The summed E-state index contributed by atoms with van der Waals surface area (Å²) < 4.78 is 33.5. The number of piperazine rings is 1. The van der Waals surface area contributed by atoms with Crippen LogP contribution in [-0.2, 0) is 14.6 Å². The molecule has 3 rings (SSSR count). The van der Waals surface area contributed by atoms with Crippen molar-refractivity contribution in [3.8, 4) is 5.75 Å². The average Bonchev–Trinajstić information content (AvgIpc) is 3.06. The van der Waals surface area contributed by atoms with Crippen LogP contribution in [0, 0.1) is 0 Å². The molecule has 1 aromatic carbocycles. The minimum Gasteiger partial charge on any atom is -0.491 e. The van der Waals surface area contributed by atoms with E-state index >= 15 is 0 Å². The number of rotatable bonds is 7. The van der Waals surface area contributed by atoms with Crippen LogP contribution in [0.25, 0.3) is 0 Å². The largest absolute Gasteiger partial charge is 0.491 e. The van der Waals surface area contributed by atoms with Crippen molar-refractivity contribution in [2.24, 2.45) is 0 Å². The molecule has 2 aliphatic heterocycles. The van der Waals surface area contributed by atoms with Gasteiger partial charge in [-0.1, -0.05) is 0 Å². The van der Waals surface area contributed by atoms with Crippen LogP contribution in [0.15, 0.2) is 24.3 Å².